The Bertz CT molecular complexity index is 581. The van der Waals surface area contributed by atoms with Crippen LogP contribution in [0.2, 0.25) is 0 Å². The van der Waals surface area contributed by atoms with Gasteiger partial charge in [-0.15, -0.1) is 0 Å². The maximum atomic E-state index is 13.7. The summed E-state index contributed by atoms with van der Waals surface area (Å²) >= 11 is 0. The van der Waals surface area contributed by atoms with Crippen molar-refractivity contribution in [3.05, 3.63) is 70.0 Å². The van der Waals surface area contributed by atoms with Gasteiger partial charge in [0, 0.05) is 6.04 Å². The van der Waals surface area contributed by atoms with Crippen LogP contribution in [-0.2, 0) is 6.42 Å². The van der Waals surface area contributed by atoms with E-state index in [9.17, 15) is 4.39 Å². The van der Waals surface area contributed by atoms with E-state index in [-0.39, 0.29) is 11.9 Å². The number of rotatable bonds is 4. The van der Waals surface area contributed by atoms with Crippen LogP contribution in [0.25, 0.3) is 0 Å². The number of likely N-dealkylation sites (N-methyl/N-ethyl adjacent to an activating group) is 1. The number of hydrogen-bond donors (Lipinski definition) is 1. The van der Waals surface area contributed by atoms with Crippen LogP contribution in [0.5, 0.6) is 0 Å². The number of halogens is 1. The summed E-state index contributed by atoms with van der Waals surface area (Å²) in [5.74, 6) is -0.0977. The molecule has 1 N–H and O–H groups in total. The molecule has 2 aromatic carbocycles. The third-order valence-electron chi connectivity index (χ3n) is 3.89. The summed E-state index contributed by atoms with van der Waals surface area (Å²) in [6.07, 6.45) is 0.910. The fourth-order valence-corrected chi connectivity index (χ4v) is 2.63. The smallest absolute Gasteiger partial charge is 0.129 e. The highest BCUT2D eigenvalue weighted by Crippen LogP contribution is 2.24. The van der Waals surface area contributed by atoms with Crippen molar-refractivity contribution in [2.75, 3.05) is 7.05 Å². The van der Waals surface area contributed by atoms with Gasteiger partial charge in [0.05, 0.1) is 0 Å². The number of hydrogen-bond acceptors (Lipinski definition) is 1. The second-order valence-corrected chi connectivity index (χ2v) is 5.44. The first-order valence-electron chi connectivity index (χ1n) is 7.01. The minimum absolute atomic E-state index is 0.0977. The quantitative estimate of drug-likeness (QED) is 0.876. The van der Waals surface area contributed by atoms with Gasteiger partial charge in [-0.3, -0.25) is 0 Å². The zero-order valence-electron chi connectivity index (χ0n) is 12.6. The molecule has 1 unspecified atom stereocenters. The first-order valence-corrected chi connectivity index (χ1v) is 7.01. The van der Waals surface area contributed by atoms with Crippen molar-refractivity contribution in [3.8, 4) is 0 Å². The van der Waals surface area contributed by atoms with Crippen LogP contribution in [-0.4, -0.2) is 7.05 Å². The Hall–Kier alpha value is -1.67. The summed E-state index contributed by atoms with van der Waals surface area (Å²) in [4.78, 5) is 0. The minimum atomic E-state index is -0.0977. The summed E-state index contributed by atoms with van der Waals surface area (Å²) in [6, 6.07) is 12.5. The van der Waals surface area contributed by atoms with Gasteiger partial charge >= 0.3 is 0 Å². The van der Waals surface area contributed by atoms with Gasteiger partial charge in [0.15, 0.2) is 0 Å². The summed E-state index contributed by atoms with van der Waals surface area (Å²) in [7, 11) is 1.96. The molecule has 2 aromatic rings. The second kappa shape index (κ2) is 6.19. The van der Waals surface area contributed by atoms with Crippen molar-refractivity contribution in [1.82, 2.24) is 5.32 Å². The van der Waals surface area contributed by atoms with Gasteiger partial charge in [-0.25, -0.2) is 4.39 Å². The third-order valence-corrected chi connectivity index (χ3v) is 3.89. The van der Waals surface area contributed by atoms with Crippen molar-refractivity contribution in [1.29, 1.82) is 0 Å². The molecule has 2 rings (SSSR count). The predicted molar refractivity (Wildman–Crippen MR) is 82.6 cm³/mol. The molecule has 0 saturated carbocycles. The molecule has 0 saturated heterocycles. The average Bonchev–Trinajstić information content (AvgIpc) is 2.43. The highest BCUT2D eigenvalue weighted by Gasteiger charge is 2.14. The number of benzene rings is 2. The molecule has 0 bridgehead atoms. The Morgan fingerprint density at radius 2 is 1.60 bits per heavy atom. The lowest BCUT2D eigenvalue weighted by Crippen LogP contribution is -2.19. The van der Waals surface area contributed by atoms with Crippen LogP contribution in [0.1, 0.15) is 33.9 Å². The van der Waals surface area contributed by atoms with Crippen LogP contribution in [0.4, 0.5) is 4.39 Å². The van der Waals surface area contributed by atoms with Crippen LogP contribution in [0.15, 0.2) is 36.4 Å². The fraction of sp³-hybridized carbons (Fsp3) is 0.333. The maximum Gasteiger partial charge on any atom is 0.129 e. The average molecular weight is 271 g/mol. The number of nitrogens with one attached hydrogen (secondary N) is 1. The molecule has 1 atom stereocenters. The molecule has 0 fully saturated rings. The molecule has 106 valence electrons. The fourth-order valence-electron chi connectivity index (χ4n) is 2.63. The van der Waals surface area contributed by atoms with Gasteiger partial charge in [-0.1, -0.05) is 36.4 Å². The summed E-state index contributed by atoms with van der Waals surface area (Å²) < 4.78 is 13.7. The molecule has 0 aliphatic rings. The molecule has 0 heterocycles. The Morgan fingerprint density at radius 1 is 1.00 bits per heavy atom. The van der Waals surface area contributed by atoms with E-state index in [4.69, 9.17) is 0 Å². The lowest BCUT2D eigenvalue weighted by Gasteiger charge is -2.19. The van der Waals surface area contributed by atoms with E-state index in [2.05, 4.69) is 36.5 Å². The Kier molecular flexibility index (Phi) is 4.56. The highest BCUT2D eigenvalue weighted by molar-refractivity contribution is 5.34. The Labute approximate surface area is 120 Å². The normalized spacial score (nSPS) is 12.4. The van der Waals surface area contributed by atoms with Crippen LogP contribution < -0.4 is 5.32 Å². The molecule has 20 heavy (non-hydrogen) atoms. The van der Waals surface area contributed by atoms with E-state index in [0.29, 0.717) is 11.1 Å². The minimum Gasteiger partial charge on any atom is -0.313 e. The second-order valence-electron chi connectivity index (χ2n) is 5.44. The van der Waals surface area contributed by atoms with Crippen LogP contribution >= 0.6 is 0 Å². The van der Waals surface area contributed by atoms with E-state index in [1.807, 2.05) is 33.0 Å². The molecule has 0 aromatic heterocycles. The third kappa shape index (κ3) is 3.07. The zero-order valence-corrected chi connectivity index (χ0v) is 12.6. The highest BCUT2D eigenvalue weighted by atomic mass is 19.1. The van der Waals surface area contributed by atoms with Crippen molar-refractivity contribution < 1.29 is 4.39 Å². The standard InChI is InChI=1S/C18H22FN/c1-12-7-5-6-8-15(12)11-17(20-4)16-9-13(2)18(19)14(3)10-16/h5-10,17,20H,11H2,1-4H3. The Morgan fingerprint density at radius 3 is 2.15 bits per heavy atom. The lowest BCUT2D eigenvalue weighted by molar-refractivity contribution is 0.578. The Balaban J connectivity index is 2.31. The monoisotopic (exact) mass is 271 g/mol. The molecule has 0 amide bonds. The molecule has 0 spiro atoms. The van der Waals surface area contributed by atoms with Crippen LogP contribution in [0.3, 0.4) is 0 Å². The first kappa shape index (κ1) is 14.7. The molecule has 0 aliphatic carbocycles. The van der Waals surface area contributed by atoms with E-state index >= 15 is 0 Å². The zero-order chi connectivity index (χ0) is 14.7. The summed E-state index contributed by atoms with van der Waals surface area (Å²) in [5.41, 5.74) is 5.19. The molecule has 0 aliphatic heterocycles. The SMILES string of the molecule is CNC(Cc1ccccc1C)c1cc(C)c(F)c(C)c1. The van der Waals surface area contributed by atoms with E-state index in [0.717, 1.165) is 12.0 Å². The molecule has 1 nitrogen and oxygen atoms in total. The number of aryl methyl sites for hydroxylation is 3. The van der Waals surface area contributed by atoms with Crippen molar-refractivity contribution in [3.63, 3.8) is 0 Å². The van der Waals surface area contributed by atoms with Crippen molar-refractivity contribution in [2.24, 2.45) is 0 Å². The van der Waals surface area contributed by atoms with Gasteiger partial charge in [0.25, 0.3) is 0 Å². The van der Waals surface area contributed by atoms with Gasteiger partial charge < -0.3 is 5.32 Å². The van der Waals surface area contributed by atoms with Gasteiger partial charge in [-0.2, -0.15) is 0 Å². The first-order chi connectivity index (χ1) is 9.52. The van der Waals surface area contributed by atoms with E-state index in [1.54, 1.807) is 0 Å². The summed E-state index contributed by atoms with van der Waals surface area (Å²) in [5, 5.41) is 3.35. The lowest BCUT2D eigenvalue weighted by atomic mass is 9.94. The van der Waals surface area contributed by atoms with E-state index < -0.39 is 0 Å². The van der Waals surface area contributed by atoms with Gasteiger partial charge in [0.2, 0.25) is 0 Å². The molecule has 2 heteroatoms. The molecular formula is C18H22FN. The van der Waals surface area contributed by atoms with Crippen LogP contribution in [0, 0.1) is 26.6 Å². The topological polar surface area (TPSA) is 12.0 Å². The molecular weight excluding hydrogens is 249 g/mol. The molecule has 0 radical (unpaired) electrons. The van der Waals surface area contributed by atoms with Gasteiger partial charge in [0.1, 0.15) is 5.82 Å². The van der Waals surface area contributed by atoms with Crippen molar-refractivity contribution in [2.45, 2.75) is 33.2 Å². The van der Waals surface area contributed by atoms with Gasteiger partial charge in [-0.05, 0) is 62.1 Å². The van der Waals surface area contributed by atoms with Crippen molar-refractivity contribution >= 4 is 0 Å². The summed E-state index contributed by atoms with van der Waals surface area (Å²) in [6.45, 7) is 5.78. The largest absolute Gasteiger partial charge is 0.313 e. The predicted octanol–water partition coefficient (Wildman–Crippen LogP) is 4.25. The maximum absolute atomic E-state index is 13.7. The van der Waals surface area contributed by atoms with E-state index in [1.165, 1.54) is 11.1 Å².